The molecular weight excluding hydrogens is 168 g/mol. The number of carboxylic acids is 1. The van der Waals surface area contributed by atoms with Crippen molar-refractivity contribution in [1.29, 1.82) is 0 Å². The number of carboxylic acid groups (broad SMARTS) is 1. The van der Waals surface area contributed by atoms with Gasteiger partial charge in [0.15, 0.2) is 0 Å². The predicted octanol–water partition coefficient (Wildman–Crippen LogP) is -0.0509. The van der Waals surface area contributed by atoms with Crippen molar-refractivity contribution >= 4 is 18.4 Å². The van der Waals surface area contributed by atoms with E-state index in [-0.39, 0.29) is 12.4 Å². The van der Waals surface area contributed by atoms with Crippen LogP contribution in [0.15, 0.2) is 0 Å². The fraction of sp³-hybridized carbons (Fsp3) is 0.833. The zero-order valence-electron chi connectivity index (χ0n) is 13.6. The maximum absolute atomic E-state index is 10.9. The summed E-state index contributed by atoms with van der Waals surface area (Å²) in [5.41, 5.74) is 4.30. The van der Waals surface area contributed by atoms with Crippen LogP contribution in [0.3, 0.4) is 0 Å². The average Bonchev–Trinajstić information content (AvgIpc) is 2.25. The van der Waals surface area contributed by atoms with Crippen LogP contribution in [0.2, 0.25) is 2.82 Å². The molecule has 0 saturated carbocycles. The molecule has 68 valence electrons. The molecule has 0 aliphatic heterocycles. The third kappa shape index (κ3) is 7.58. The zero-order chi connectivity index (χ0) is 14.9. The molecule has 5 N–H and O–H groups in total. The Kier molecular flexibility index (Phi) is 2.55. The van der Waals surface area contributed by atoms with Gasteiger partial charge in [-0.15, -0.1) is 12.4 Å². The van der Waals surface area contributed by atoms with E-state index in [1.54, 1.807) is 0 Å². The first-order valence-electron chi connectivity index (χ1n) is 6.48. The Morgan fingerprint density at radius 1 is 1.91 bits per heavy atom. The monoisotopic (exact) mass is 190 g/mol. The van der Waals surface area contributed by atoms with Crippen molar-refractivity contribution in [1.82, 2.24) is 0 Å². The molecule has 0 aliphatic rings. The van der Waals surface area contributed by atoms with Crippen LogP contribution < -0.4 is 11.5 Å². The van der Waals surface area contributed by atoms with Crippen LogP contribution in [-0.4, -0.2) is 23.6 Å². The van der Waals surface area contributed by atoms with Crippen LogP contribution >= 0.6 is 12.4 Å². The highest BCUT2D eigenvalue weighted by atomic mass is 35.5. The lowest BCUT2D eigenvalue weighted by Crippen LogP contribution is -2.29. The molecule has 0 heterocycles. The molecule has 0 spiro atoms. The van der Waals surface area contributed by atoms with E-state index < -0.39 is 43.4 Å². The molecule has 0 aliphatic carbocycles. The number of rotatable bonds is 6. The van der Waals surface area contributed by atoms with Gasteiger partial charge < -0.3 is 16.6 Å². The molecule has 0 rings (SSSR count). The van der Waals surface area contributed by atoms with Gasteiger partial charge >= 0.3 is 5.97 Å². The summed E-state index contributed by atoms with van der Waals surface area (Å²) in [4.78, 5) is 10.9. The van der Waals surface area contributed by atoms with Crippen LogP contribution in [0, 0.1) is 0 Å². The second-order valence-electron chi connectivity index (χ2n) is 1.36. The van der Waals surface area contributed by atoms with Gasteiger partial charge in [-0.05, 0) is 19.3 Å². The summed E-state index contributed by atoms with van der Waals surface area (Å²) < 4.78 is 58.0. The van der Waals surface area contributed by atoms with Gasteiger partial charge in [0.1, 0.15) is 8.84 Å². The molecule has 0 aromatic carbocycles. The molecular formula is C6H15ClN2O2. The number of carbonyl (C=O) groups is 1. The van der Waals surface area contributed by atoms with Crippen molar-refractivity contribution in [2.75, 3.05) is 6.54 Å². The Morgan fingerprint density at radius 2 is 2.55 bits per heavy atom. The molecule has 5 heteroatoms. The van der Waals surface area contributed by atoms with Gasteiger partial charge in [0.05, 0.1) is 1.37 Å². The largest absolute Gasteiger partial charge is 0.480 e. The number of hydrogen-bond donors (Lipinski definition) is 3. The maximum Gasteiger partial charge on any atom is 0.320 e. The first kappa shape index (κ1) is 3.60. The molecule has 0 fully saturated rings. The van der Waals surface area contributed by atoms with E-state index in [0.717, 1.165) is 0 Å². The van der Waals surface area contributed by atoms with Gasteiger partial charge in [-0.1, -0.05) is 6.37 Å². The average molecular weight is 191 g/mol. The summed E-state index contributed by atoms with van der Waals surface area (Å²) in [6.45, 7) is -0.599. The van der Waals surface area contributed by atoms with Gasteiger partial charge in [0.2, 0.25) is 0 Å². The third-order valence-corrected chi connectivity index (χ3v) is 0.613. The van der Waals surface area contributed by atoms with Crippen LogP contribution in [0.25, 0.3) is 0 Å². The summed E-state index contributed by atoms with van der Waals surface area (Å²) in [5, 5.41) is 8.79. The lowest BCUT2D eigenvalue weighted by molar-refractivity contribution is -0.138. The summed E-state index contributed by atoms with van der Waals surface area (Å²) in [6, 6.07) is -3.52. The summed E-state index contributed by atoms with van der Waals surface area (Å²) in [6.07, 6.45) is -8.46. The molecule has 2 atom stereocenters. The number of hydrogen-bond acceptors (Lipinski definition) is 3. The number of aliphatic carboxylic acids is 1. The lowest BCUT2D eigenvalue weighted by atomic mass is 10.1. The van der Waals surface area contributed by atoms with Crippen molar-refractivity contribution in [2.45, 2.75) is 25.2 Å². The standard InChI is InChI=1S/C6H14N2O2.ClH/c7-4-2-1-3-5(8)6(9)10;/h5H,1-4,7-8H2,(H,9,10);1H/t5-;/m0./s1/i1D2,2D,3D2,5D;/hD2/t2?,5-;. The zero-order valence-corrected chi connectivity index (χ0v) is 6.39. The SMILES string of the molecule is Cl.[2H]C(CN)C([2H])([2H])C([2H])([2H])[C@@]([2H])(C(=O)O)N([2H])[2H]. The molecule has 0 radical (unpaired) electrons. The minimum absolute atomic E-state index is 0. The van der Waals surface area contributed by atoms with Crippen molar-refractivity contribution in [2.24, 2.45) is 11.5 Å². The van der Waals surface area contributed by atoms with Crippen LogP contribution in [0.1, 0.15) is 27.4 Å². The second kappa shape index (κ2) is 7.78. The fourth-order valence-corrected chi connectivity index (χ4v) is 0.232. The minimum atomic E-state index is -3.52. The smallest absolute Gasteiger partial charge is 0.320 e. The van der Waals surface area contributed by atoms with Crippen molar-refractivity contribution in [3.63, 3.8) is 0 Å². The van der Waals surface area contributed by atoms with E-state index in [9.17, 15) is 4.79 Å². The third-order valence-electron chi connectivity index (χ3n) is 0.613. The van der Waals surface area contributed by atoms with Crippen LogP contribution in [0.5, 0.6) is 0 Å². The topological polar surface area (TPSA) is 89.3 Å². The van der Waals surface area contributed by atoms with Crippen molar-refractivity contribution < 1.29 is 20.9 Å². The minimum Gasteiger partial charge on any atom is -0.480 e. The first-order valence-corrected chi connectivity index (χ1v) is 2.51. The molecule has 0 saturated heterocycles. The van der Waals surface area contributed by atoms with Gasteiger partial charge in [-0.3, -0.25) is 4.79 Å². The first-order chi connectivity index (χ1) is 7.87. The van der Waals surface area contributed by atoms with Gasteiger partial charge in [0, 0.05) is 6.85 Å². The van der Waals surface area contributed by atoms with E-state index in [2.05, 4.69) is 0 Å². The molecule has 0 aromatic heterocycles. The Bertz CT molecular complexity index is 330. The van der Waals surface area contributed by atoms with Crippen LogP contribution in [0.4, 0.5) is 0 Å². The van der Waals surface area contributed by atoms with E-state index in [1.807, 2.05) is 0 Å². The fourth-order valence-electron chi connectivity index (χ4n) is 0.232. The van der Waals surface area contributed by atoms with E-state index in [1.165, 1.54) is 0 Å². The van der Waals surface area contributed by atoms with Gasteiger partial charge in [0.25, 0.3) is 0 Å². The Balaban J connectivity index is 0. The predicted molar refractivity (Wildman–Crippen MR) is 45.8 cm³/mol. The van der Waals surface area contributed by atoms with Crippen molar-refractivity contribution in [3.8, 4) is 0 Å². The van der Waals surface area contributed by atoms with Gasteiger partial charge in [-0.2, -0.15) is 0 Å². The van der Waals surface area contributed by atoms with Gasteiger partial charge in [-0.25, -0.2) is 0 Å². The summed E-state index contributed by atoms with van der Waals surface area (Å²) in [5.74, 6) is -2.20. The molecule has 0 amide bonds. The van der Waals surface area contributed by atoms with E-state index >= 15 is 0 Å². The maximum atomic E-state index is 10.9. The summed E-state index contributed by atoms with van der Waals surface area (Å²) >= 11 is 0. The highest BCUT2D eigenvalue weighted by Crippen LogP contribution is 1.96. The Hall–Kier alpha value is -0.320. The quantitative estimate of drug-likeness (QED) is 0.548. The molecule has 0 bridgehead atoms. The number of nitrogens with two attached hydrogens (primary N) is 2. The van der Waals surface area contributed by atoms with E-state index in [4.69, 9.17) is 21.9 Å². The van der Waals surface area contributed by atoms with E-state index in [0.29, 0.717) is 0 Å². The lowest BCUT2D eigenvalue weighted by Gasteiger charge is -2.03. The molecule has 0 aromatic rings. The Morgan fingerprint density at radius 3 is 2.91 bits per heavy atom. The second-order valence-corrected chi connectivity index (χ2v) is 1.36. The highest BCUT2D eigenvalue weighted by Gasteiger charge is 2.09. The summed E-state index contributed by atoms with van der Waals surface area (Å²) in [7, 11) is 0. The van der Waals surface area contributed by atoms with Crippen LogP contribution in [-0.2, 0) is 4.79 Å². The molecule has 1 unspecified atom stereocenters. The number of halogens is 1. The highest BCUT2D eigenvalue weighted by molar-refractivity contribution is 5.85. The molecule has 4 nitrogen and oxygen atoms in total. The Labute approximate surface area is 83.7 Å². The normalized spacial score (nSPS) is 31.1. The van der Waals surface area contributed by atoms with Crippen molar-refractivity contribution in [3.05, 3.63) is 0 Å². The molecule has 11 heavy (non-hydrogen) atoms.